The van der Waals surface area contributed by atoms with Crippen LogP contribution in [-0.2, 0) is 9.53 Å². The van der Waals surface area contributed by atoms with Gasteiger partial charge in [0.25, 0.3) is 5.56 Å². The highest BCUT2D eigenvalue weighted by atomic mass is 32.2. The fourth-order valence-corrected chi connectivity index (χ4v) is 5.28. The molecule has 1 amide bonds. The standard InChI is InChI=1S/C21H27N3O3S/c1-14-11-23(12-15(2)27-14)19(25)13-28-21-22-18-10-6-5-9-17(18)20(26)24(21)16-7-3-4-8-16/h5-6,9-10,14-16H,3-4,7-8,11-13H2,1-2H3/t14-,15+. The first kappa shape index (κ1) is 19.5. The van der Waals surface area contributed by atoms with Crippen LogP contribution in [0.3, 0.4) is 0 Å². The molecule has 1 saturated heterocycles. The summed E-state index contributed by atoms with van der Waals surface area (Å²) in [5, 5.41) is 1.32. The molecule has 150 valence electrons. The molecule has 7 heteroatoms. The van der Waals surface area contributed by atoms with E-state index in [1.807, 2.05) is 47.6 Å². The number of para-hydroxylation sites is 1. The van der Waals surface area contributed by atoms with E-state index < -0.39 is 0 Å². The van der Waals surface area contributed by atoms with Crippen molar-refractivity contribution < 1.29 is 9.53 Å². The number of hydrogen-bond acceptors (Lipinski definition) is 5. The molecule has 28 heavy (non-hydrogen) atoms. The van der Waals surface area contributed by atoms with Crippen LogP contribution in [0.15, 0.2) is 34.2 Å². The van der Waals surface area contributed by atoms with Gasteiger partial charge in [0.05, 0.1) is 28.9 Å². The van der Waals surface area contributed by atoms with E-state index in [0.29, 0.717) is 29.1 Å². The Morgan fingerprint density at radius 1 is 1.18 bits per heavy atom. The van der Waals surface area contributed by atoms with Crippen molar-refractivity contribution in [3.05, 3.63) is 34.6 Å². The molecule has 4 rings (SSSR count). The molecular formula is C21H27N3O3S. The molecule has 1 aliphatic heterocycles. The molecular weight excluding hydrogens is 374 g/mol. The Kier molecular flexibility index (Phi) is 5.73. The molecule has 6 nitrogen and oxygen atoms in total. The monoisotopic (exact) mass is 401 g/mol. The summed E-state index contributed by atoms with van der Waals surface area (Å²) >= 11 is 1.39. The van der Waals surface area contributed by atoms with Crippen LogP contribution in [0.25, 0.3) is 10.9 Å². The lowest BCUT2D eigenvalue weighted by Crippen LogP contribution is -2.48. The van der Waals surface area contributed by atoms with Crippen LogP contribution < -0.4 is 5.56 Å². The van der Waals surface area contributed by atoms with E-state index in [-0.39, 0.29) is 35.5 Å². The lowest BCUT2D eigenvalue weighted by Gasteiger charge is -2.35. The number of benzene rings is 1. The van der Waals surface area contributed by atoms with Crippen LogP contribution in [0.2, 0.25) is 0 Å². The molecule has 2 atom stereocenters. The van der Waals surface area contributed by atoms with E-state index in [9.17, 15) is 9.59 Å². The Bertz CT molecular complexity index is 913. The highest BCUT2D eigenvalue weighted by Gasteiger charge is 2.27. The van der Waals surface area contributed by atoms with Gasteiger partial charge in [0, 0.05) is 19.1 Å². The number of carbonyl (C=O) groups is 1. The number of amides is 1. The second-order valence-corrected chi connectivity index (χ2v) is 8.81. The van der Waals surface area contributed by atoms with Gasteiger partial charge in [-0.15, -0.1) is 0 Å². The minimum absolute atomic E-state index is 0.0149. The molecule has 1 aliphatic carbocycles. The quantitative estimate of drug-likeness (QED) is 0.581. The van der Waals surface area contributed by atoms with E-state index in [1.54, 1.807) is 0 Å². The third-order valence-corrected chi connectivity index (χ3v) is 6.50. The molecule has 1 aromatic heterocycles. The van der Waals surface area contributed by atoms with Crippen molar-refractivity contribution in [3.8, 4) is 0 Å². The molecule has 1 aromatic carbocycles. The van der Waals surface area contributed by atoms with Crippen molar-refractivity contribution >= 4 is 28.6 Å². The number of rotatable bonds is 4. The summed E-state index contributed by atoms with van der Waals surface area (Å²) in [6.07, 6.45) is 4.37. The van der Waals surface area contributed by atoms with Gasteiger partial charge in [0.2, 0.25) is 5.91 Å². The molecule has 0 N–H and O–H groups in total. The number of thioether (sulfide) groups is 1. The molecule has 1 saturated carbocycles. The molecule has 0 unspecified atom stereocenters. The summed E-state index contributed by atoms with van der Waals surface area (Å²) in [5.41, 5.74) is 0.714. The first-order valence-electron chi connectivity index (χ1n) is 10.1. The van der Waals surface area contributed by atoms with Crippen molar-refractivity contribution in [2.45, 2.75) is 62.9 Å². The zero-order valence-electron chi connectivity index (χ0n) is 16.5. The maximum absolute atomic E-state index is 13.2. The van der Waals surface area contributed by atoms with E-state index >= 15 is 0 Å². The number of fused-ring (bicyclic) bond motifs is 1. The number of morpholine rings is 1. The summed E-state index contributed by atoms with van der Waals surface area (Å²) in [7, 11) is 0. The first-order chi connectivity index (χ1) is 13.5. The predicted molar refractivity (Wildman–Crippen MR) is 111 cm³/mol. The number of hydrogen-bond donors (Lipinski definition) is 0. The topological polar surface area (TPSA) is 64.4 Å². The molecule has 2 fully saturated rings. The Morgan fingerprint density at radius 2 is 1.86 bits per heavy atom. The van der Waals surface area contributed by atoms with Crippen molar-refractivity contribution in [1.82, 2.24) is 14.5 Å². The van der Waals surface area contributed by atoms with Gasteiger partial charge in [-0.2, -0.15) is 0 Å². The zero-order chi connectivity index (χ0) is 19.7. The first-order valence-corrected chi connectivity index (χ1v) is 11.1. The summed E-state index contributed by atoms with van der Waals surface area (Å²) < 4.78 is 7.57. The van der Waals surface area contributed by atoms with Crippen molar-refractivity contribution in [1.29, 1.82) is 0 Å². The summed E-state index contributed by atoms with van der Waals surface area (Å²) in [6.45, 7) is 5.21. The average Bonchev–Trinajstić information content (AvgIpc) is 3.19. The number of carbonyl (C=O) groups excluding carboxylic acids is 1. The maximum Gasteiger partial charge on any atom is 0.262 e. The van der Waals surface area contributed by atoms with Gasteiger partial charge in [0.1, 0.15) is 0 Å². The van der Waals surface area contributed by atoms with Crippen LogP contribution in [0.4, 0.5) is 0 Å². The number of aromatic nitrogens is 2. The van der Waals surface area contributed by atoms with Crippen molar-refractivity contribution in [2.75, 3.05) is 18.8 Å². The highest BCUT2D eigenvalue weighted by molar-refractivity contribution is 7.99. The van der Waals surface area contributed by atoms with Crippen LogP contribution in [-0.4, -0.2) is 51.4 Å². The smallest absolute Gasteiger partial charge is 0.262 e. The van der Waals surface area contributed by atoms with Gasteiger partial charge in [-0.05, 0) is 38.8 Å². The predicted octanol–water partition coefficient (Wildman–Crippen LogP) is 3.24. The van der Waals surface area contributed by atoms with Crippen LogP contribution in [0.1, 0.15) is 45.6 Å². The Morgan fingerprint density at radius 3 is 2.57 bits per heavy atom. The molecule has 0 radical (unpaired) electrons. The summed E-state index contributed by atoms with van der Waals surface area (Å²) in [5.74, 6) is 0.365. The molecule has 2 aromatic rings. The normalized spacial score (nSPS) is 23.4. The Balaban J connectivity index is 1.59. The average molecular weight is 402 g/mol. The van der Waals surface area contributed by atoms with E-state index in [0.717, 1.165) is 25.7 Å². The van der Waals surface area contributed by atoms with E-state index in [2.05, 4.69) is 0 Å². The van der Waals surface area contributed by atoms with Gasteiger partial charge in [0.15, 0.2) is 5.16 Å². The van der Waals surface area contributed by atoms with E-state index in [1.165, 1.54) is 11.8 Å². The van der Waals surface area contributed by atoms with E-state index in [4.69, 9.17) is 9.72 Å². The fourth-order valence-electron chi connectivity index (χ4n) is 4.31. The highest BCUT2D eigenvalue weighted by Crippen LogP contribution is 2.32. The van der Waals surface area contributed by atoms with Gasteiger partial charge < -0.3 is 9.64 Å². The number of nitrogens with zero attached hydrogens (tertiary/aromatic N) is 3. The Labute approximate surface area is 169 Å². The molecule has 2 aliphatic rings. The Hall–Kier alpha value is -1.86. The van der Waals surface area contributed by atoms with Gasteiger partial charge >= 0.3 is 0 Å². The van der Waals surface area contributed by atoms with Crippen LogP contribution >= 0.6 is 11.8 Å². The lowest BCUT2D eigenvalue weighted by atomic mass is 10.2. The molecule has 0 bridgehead atoms. The fraction of sp³-hybridized carbons (Fsp3) is 0.571. The third kappa shape index (κ3) is 3.96. The summed E-state index contributed by atoms with van der Waals surface area (Å²) in [4.78, 5) is 32.6. The lowest BCUT2D eigenvalue weighted by molar-refractivity contribution is -0.140. The minimum atomic E-state index is 0.0149. The van der Waals surface area contributed by atoms with Gasteiger partial charge in [-0.25, -0.2) is 4.98 Å². The minimum Gasteiger partial charge on any atom is -0.372 e. The second-order valence-electron chi connectivity index (χ2n) is 7.87. The second kappa shape index (κ2) is 8.25. The SMILES string of the molecule is C[C@@H]1CN(C(=O)CSc2nc3ccccc3c(=O)n2C2CCCC2)C[C@H](C)O1. The van der Waals surface area contributed by atoms with Crippen LogP contribution in [0, 0.1) is 0 Å². The van der Waals surface area contributed by atoms with Crippen molar-refractivity contribution in [2.24, 2.45) is 0 Å². The van der Waals surface area contributed by atoms with Gasteiger partial charge in [-0.3, -0.25) is 14.2 Å². The van der Waals surface area contributed by atoms with Crippen molar-refractivity contribution in [3.63, 3.8) is 0 Å². The van der Waals surface area contributed by atoms with Crippen LogP contribution in [0.5, 0.6) is 0 Å². The maximum atomic E-state index is 13.2. The zero-order valence-corrected chi connectivity index (χ0v) is 17.3. The van der Waals surface area contributed by atoms with Gasteiger partial charge in [-0.1, -0.05) is 36.7 Å². The molecule has 0 spiro atoms. The third-order valence-electron chi connectivity index (χ3n) is 5.56. The largest absolute Gasteiger partial charge is 0.372 e. The molecule has 2 heterocycles. The summed E-state index contributed by atoms with van der Waals surface area (Å²) in [6, 6.07) is 7.66. The number of ether oxygens (including phenoxy) is 1.